The zero-order valence-electron chi connectivity index (χ0n) is 12.3. The molecule has 0 saturated carbocycles. The molecule has 4 nitrogen and oxygen atoms in total. The Balaban J connectivity index is 2.14. The molecule has 0 spiro atoms. The van der Waals surface area contributed by atoms with E-state index in [4.69, 9.17) is 10.5 Å². The second-order valence-electron chi connectivity index (χ2n) is 5.47. The van der Waals surface area contributed by atoms with Crippen LogP contribution in [-0.4, -0.2) is 42.7 Å². The minimum absolute atomic E-state index is 0.0625. The smallest absolute Gasteiger partial charge is 0.408 e. The highest BCUT2D eigenvalue weighted by Crippen LogP contribution is 2.32. The molecule has 122 valence electrons. The van der Waals surface area contributed by atoms with E-state index in [2.05, 4.69) is 0 Å². The first-order chi connectivity index (χ1) is 10.3. The van der Waals surface area contributed by atoms with Gasteiger partial charge in [0.05, 0.1) is 13.5 Å². The number of hydrogen-bond donors (Lipinski definition) is 1. The molecular weight excluding hydrogens is 297 g/mol. The lowest BCUT2D eigenvalue weighted by atomic mass is 9.97. The summed E-state index contributed by atoms with van der Waals surface area (Å²) in [6.45, 7) is -0.0625. The molecule has 2 N–H and O–H groups in total. The van der Waals surface area contributed by atoms with Gasteiger partial charge in [0.25, 0.3) is 0 Å². The summed E-state index contributed by atoms with van der Waals surface area (Å²) in [5.74, 6) is -0.00116. The van der Waals surface area contributed by atoms with Gasteiger partial charge in [-0.3, -0.25) is 4.79 Å². The van der Waals surface area contributed by atoms with Gasteiger partial charge in [0.15, 0.2) is 0 Å². The molecule has 1 amide bonds. The third kappa shape index (κ3) is 3.91. The molecule has 2 rings (SSSR count). The summed E-state index contributed by atoms with van der Waals surface area (Å²) in [5.41, 5.74) is 6.34. The zero-order valence-corrected chi connectivity index (χ0v) is 12.3. The predicted octanol–water partition coefficient (Wildman–Crippen LogP) is 2.12. The van der Waals surface area contributed by atoms with Crippen LogP contribution in [0.15, 0.2) is 24.3 Å². The van der Waals surface area contributed by atoms with E-state index in [1.807, 2.05) is 0 Å². The van der Waals surface area contributed by atoms with Crippen molar-refractivity contribution in [1.82, 2.24) is 4.90 Å². The summed E-state index contributed by atoms with van der Waals surface area (Å²) >= 11 is 0. The standard InChI is InChI=1S/C15H19F3N2O2/c1-22-12-4-2-3-10(7-12)8-14(21)20-9-11(19)5-6-13(20)15(16,17)18/h2-4,7,11,13H,5-6,8-9,19H2,1H3/t11-,13+/m1/s1. The maximum absolute atomic E-state index is 13.1. The van der Waals surface area contributed by atoms with Gasteiger partial charge >= 0.3 is 6.18 Å². The molecule has 1 aromatic carbocycles. The largest absolute Gasteiger partial charge is 0.497 e. The van der Waals surface area contributed by atoms with Gasteiger partial charge < -0.3 is 15.4 Å². The Kier molecular flexibility index (Phi) is 4.95. The van der Waals surface area contributed by atoms with Crippen LogP contribution in [0.2, 0.25) is 0 Å². The lowest BCUT2D eigenvalue weighted by Gasteiger charge is -2.39. The molecule has 0 aromatic heterocycles. The monoisotopic (exact) mass is 316 g/mol. The SMILES string of the molecule is COc1cccc(CC(=O)N2C[C@H](N)CC[C@H]2C(F)(F)F)c1. The van der Waals surface area contributed by atoms with Crippen LogP contribution in [0, 0.1) is 0 Å². The number of benzene rings is 1. The topological polar surface area (TPSA) is 55.6 Å². The van der Waals surface area contributed by atoms with Crippen LogP contribution >= 0.6 is 0 Å². The van der Waals surface area contributed by atoms with Crippen LogP contribution < -0.4 is 10.5 Å². The molecule has 1 saturated heterocycles. The van der Waals surface area contributed by atoms with Crippen molar-refractivity contribution in [2.75, 3.05) is 13.7 Å². The van der Waals surface area contributed by atoms with E-state index in [1.54, 1.807) is 24.3 Å². The summed E-state index contributed by atoms with van der Waals surface area (Å²) < 4.78 is 44.3. The summed E-state index contributed by atoms with van der Waals surface area (Å²) in [6.07, 6.45) is -4.40. The number of nitrogens with zero attached hydrogens (tertiary/aromatic N) is 1. The van der Waals surface area contributed by atoms with E-state index in [0.717, 1.165) is 4.90 Å². The van der Waals surface area contributed by atoms with Crippen molar-refractivity contribution in [1.29, 1.82) is 0 Å². The van der Waals surface area contributed by atoms with Gasteiger partial charge in [0.2, 0.25) is 5.91 Å². The number of rotatable bonds is 3. The fourth-order valence-electron chi connectivity index (χ4n) is 2.67. The molecule has 1 aromatic rings. The lowest BCUT2D eigenvalue weighted by Crippen LogP contribution is -2.57. The second-order valence-corrected chi connectivity index (χ2v) is 5.47. The Morgan fingerprint density at radius 1 is 1.41 bits per heavy atom. The van der Waals surface area contributed by atoms with Gasteiger partial charge in [-0.15, -0.1) is 0 Å². The molecule has 7 heteroatoms. The first-order valence-corrected chi connectivity index (χ1v) is 7.06. The Morgan fingerprint density at radius 3 is 2.77 bits per heavy atom. The lowest BCUT2D eigenvalue weighted by molar-refractivity contribution is -0.196. The molecule has 22 heavy (non-hydrogen) atoms. The number of piperidine rings is 1. The van der Waals surface area contributed by atoms with E-state index in [0.29, 0.717) is 11.3 Å². The molecule has 0 radical (unpaired) electrons. The molecule has 1 heterocycles. The minimum atomic E-state index is -4.43. The number of likely N-dealkylation sites (tertiary alicyclic amines) is 1. The molecule has 1 aliphatic heterocycles. The van der Waals surface area contributed by atoms with Crippen LogP contribution in [0.4, 0.5) is 13.2 Å². The van der Waals surface area contributed by atoms with Gasteiger partial charge in [0.1, 0.15) is 11.8 Å². The highest BCUT2D eigenvalue weighted by Gasteiger charge is 2.47. The minimum Gasteiger partial charge on any atom is -0.497 e. The molecule has 0 bridgehead atoms. The van der Waals surface area contributed by atoms with E-state index < -0.39 is 24.2 Å². The van der Waals surface area contributed by atoms with Crippen molar-refractivity contribution in [3.05, 3.63) is 29.8 Å². The summed E-state index contributed by atoms with van der Waals surface area (Å²) in [7, 11) is 1.49. The number of hydrogen-bond acceptors (Lipinski definition) is 3. The van der Waals surface area contributed by atoms with Gasteiger partial charge in [-0.05, 0) is 30.5 Å². The Labute approximate surface area is 127 Å². The predicted molar refractivity (Wildman–Crippen MR) is 75.5 cm³/mol. The fraction of sp³-hybridized carbons (Fsp3) is 0.533. The average molecular weight is 316 g/mol. The van der Waals surface area contributed by atoms with Crippen molar-refractivity contribution in [3.63, 3.8) is 0 Å². The number of amides is 1. The highest BCUT2D eigenvalue weighted by atomic mass is 19.4. The molecular formula is C15H19F3N2O2. The molecule has 0 unspecified atom stereocenters. The Morgan fingerprint density at radius 2 is 2.14 bits per heavy atom. The number of nitrogens with two attached hydrogens (primary N) is 1. The quantitative estimate of drug-likeness (QED) is 0.929. The van der Waals surface area contributed by atoms with E-state index >= 15 is 0 Å². The summed E-state index contributed by atoms with van der Waals surface area (Å²) in [5, 5.41) is 0. The van der Waals surface area contributed by atoms with E-state index in [1.165, 1.54) is 7.11 Å². The number of carbonyl (C=O) groups excluding carboxylic acids is 1. The van der Waals surface area contributed by atoms with Gasteiger partial charge in [-0.25, -0.2) is 0 Å². The highest BCUT2D eigenvalue weighted by molar-refractivity contribution is 5.79. The van der Waals surface area contributed by atoms with Crippen LogP contribution in [0.25, 0.3) is 0 Å². The fourth-order valence-corrected chi connectivity index (χ4v) is 2.67. The molecule has 0 aliphatic carbocycles. The van der Waals surface area contributed by atoms with E-state index in [-0.39, 0.29) is 25.8 Å². The normalized spacial score (nSPS) is 22.5. The van der Waals surface area contributed by atoms with Gasteiger partial charge in [-0.1, -0.05) is 12.1 Å². The Bertz CT molecular complexity index is 534. The number of alkyl halides is 3. The third-order valence-electron chi connectivity index (χ3n) is 3.81. The van der Waals surface area contributed by atoms with Gasteiger partial charge in [0, 0.05) is 12.6 Å². The van der Waals surface area contributed by atoms with Crippen LogP contribution in [0.3, 0.4) is 0 Å². The molecule has 2 atom stereocenters. The zero-order chi connectivity index (χ0) is 16.3. The number of carbonyl (C=O) groups is 1. The second kappa shape index (κ2) is 6.56. The number of halogens is 3. The third-order valence-corrected chi connectivity index (χ3v) is 3.81. The summed E-state index contributed by atoms with van der Waals surface area (Å²) in [6, 6.07) is 4.59. The average Bonchev–Trinajstić information content (AvgIpc) is 2.46. The van der Waals surface area contributed by atoms with Crippen LogP contribution in [-0.2, 0) is 11.2 Å². The number of ether oxygens (including phenoxy) is 1. The molecule has 1 aliphatic rings. The van der Waals surface area contributed by atoms with Crippen molar-refractivity contribution < 1.29 is 22.7 Å². The van der Waals surface area contributed by atoms with Gasteiger partial charge in [-0.2, -0.15) is 13.2 Å². The van der Waals surface area contributed by atoms with Crippen molar-refractivity contribution in [2.45, 2.75) is 37.5 Å². The van der Waals surface area contributed by atoms with E-state index in [9.17, 15) is 18.0 Å². The number of methoxy groups -OCH3 is 1. The first kappa shape index (κ1) is 16.6. The maximum Gasteiger partial charge on any atom is 0.408 e. The maximum atomic E-state index is 13.1. The summed E-state index contributed by atoms with van der Waals surface area (Å²) in [4.78, 5) is 13.2. The molecule has 1 fully saturated rings. The first-order valence-electron chi connectivity index (χ1n) is 7.06. The van der Waals surface area contributed by atoms with Crippen LogP contribution in [0.1, 0.15) is 18.4 Å². The van der Waals surface area contributed by atoms with Crippen molar-refractivity contribution in [3.8, 4) is 5.75 Å². The van der Waals surface area contributed by atoms with Crippen molar-refractivity contribution in [2.24, 2.45) is 5.73 Å². The van der Waals surface area contributed by atoms with Crippen LogP contribution in [0.5, 0.6) is 5.75 Å². The van der Waals surface area contributed by atoms with Crippen molar-refractivity contribution >= 4 is 5.91 Å². The Hall–Kier alpha value is -1.76.